The van der Waals surface area contributed by atoms with E-state index in [1.54, 1.807) is 17.1 Å². The van der Waals surface area contributed by atoms with E-state index in [2.05, 4.69) is 32.7 Å². The SMILES string of the molecule is CCCOc1ccc(/C=N/Nc2ccc3n[nH]c[n+]3n2)cc1. The molecule has 3 aromatic rings. The fraction of sp³-hybridized carbons (Fsp3) is 0.200. The standard InChI is InChI=1S/C15H16N6O/c1-2-9-22-13-5-3-12(4-6-13)10-16-18-14-7-8-15-19-17-11-21(15)20-14/h3-8,10-11H,2,9H2,1H3,(H,18,20)/p+1/b16-10+. The van der Waals surface area contributed by atoms with Gasteiger partial charge in [0.1, 0.15) is 5.75 Å². The normalized spacial score (nSPS) is 11.1. The fourth-order valence-corrected chi connectivity index (χ4v) is 1.87. The van der Waals surface area contributed by atoms with Crippen LogP contribution in [0.15, 0.2) is 47.8 Å². The summed E-state index contributed by atoms with van der Waals surface area (Å²) in [6, 6.07) is 11.4. The number of rotatable bonds is 6. The number of hydrogen-bond donors (Lipinski definition) is 2. The number of fused-ring (bicyclic) bond motifs is 1. The Morgan fingerprint density at radius 1 is 1.27 bits per heavy atom. The third kappa shape index (κ3) is 3.38. The van der Waals surface area contributed by atoms with Crippen molar-refractivity contribution in [3.05, 3.63) is 48.3 Å². The third-order valence-electron chi connectivity index (χ3n) is 2.95. The van der Waals surface area contributed by atoms with E-state index < -0.39 is 0 Å². The maximum Gasteiger partial charge on any atom is 0.325 e. The minimum absolute atomic E-state index is 0.637. The van der Waals surface area contributed by atoms with Crippen molar-refractivity contribution < 1.29 is 9.25 Å². The van der Waals surface area contributed by atoms with Gasteiger partial charge in [-0.15, -0.1) is 9.61 Å². The monoisotopic (exact) mass is 297 g/mol. The minimum atomic E-state index is 0.637. The van der Waals surface area contributed by atoms with Crippen LogP contribution in [0.5, 0.6) is 5.75 Å². The zero-order valence-electron chi connectivity index (χ0n) is 12.2. The first-order chi connectivity index (χ1) is 10.8. The molecule has 0 atom stereocenters. The molecule has 0 aliphatic heterocycles. The zero-order valence-corrected chi connectivity index (χ0v) is 12.2. The van der Waals surface area contributed by atoms with E-state index in [1.807, 2.05) is 36.4 Å². The van der Waals surface area contributed by atoms with Crippen LogP contribution >= 0.6 is 0 Å². The number of aromatic nitrogens is 4. The smallest absolute Gasteiger partial charge is 0.325 e. The molecule has 1 aromatic carbocycles. The highest BCUT2D eigenvalue weighted by Crippen LogP contribution is 2.11. The van der Waals surface area contributed by atoms with Crippen LogP contribution in [0.2, 0.25) is 0 Å². The molecular weight excluding hydrogens is 280 g/mol. The second-order valence-corrected chi connectivity index (χ2v) is 4.68. The average molecular weight is 297 g/mol. The lowest BCUT2D eigenvalue weighted by Gasteiger charge is -2.03. The second kappa shape index (κ2) is 6.66. The number of hydrogen-bond acceptors (Lipinski definition) is 5. The number of hydrazone groups is 1. The summed E-state index contributed by atoms with van der Waals surface area (Å²) >= 11 is 0. The summed E-state index contributed by atoms with van der Waals surface area (Å²) in [5, 5.41) is 15.2. The van der Waals surface area contributed by atoms with Crippen molar-refractivity contribution in [1.29, 1.82) is 0 Å². The lowest BCUT2D eigenvalue weighted by atomic mass is 10.2. The van der Waals surface area contributed by atoms with Crippen LogP contribution < -0.4 is 14.7 Å². The molecule has 0 fully saturated rings. The number of anilines is 1. The maximum absolute atomic E-state index is 5.54. The predicted octanol–water partition coefficient (Wildman–Crippen LogP) is 1.78. The van der Waals surface area contributed by atoms with Gasteiger partial charge in [-0.1, -0.05) is 12.0 Å². The predicted molar refractivity (Wildman–Crippen MR) is 83.0 cm³/mol. The summed E-state index contributed by atoms with van der Waals surface area (Å²) in [6.07, 6.45) is 4.40. The van der Waals surface area contributed by atoms with E-state index in [-0.39, 0.29) is 0 Å². The van der Waals surface area contributed by atoms with Crippen LogP contribution in [0, 0.1) is 0 Å². The Morgan fingerprint density at radius 2 is 2.14 bits per heavy atom. The number of benzene rings is 1. The maximum atomic E-state index is 5.54. The van der Waals surface area contributed by atoms with Gasteiger partial charge < -0.3 is 4.74 Å². The summed E-state index contributed by atoms with van der Waals surface area (Å²) in [6.45, 7) is 2.81. The van der Waals surface area contributed by atoms with E-state index in [0.29, 0.717) is 5.82 Å². The first-order valence-corrected chi connectivity index (χ1v) is 7.09. The number of H-pyrrole nitrogens is 1. The van der Waals surface area contributed by atoms with Crippen molar-refractivity contribution in [3.8, 4) is 5.75 Å². The molecule has 3 rings (SSSR count). The van der Waals surface area contributed by atoms with Crippen LogP contribution in [0.25, 0.3) is 5.65 Å². The van der Waals surface area contributed by atoms with Gasteiger partial charge in [0.05, 0.1) is 12.8 Å². The topological polar surface area (TPSA) is 79.3 Å². The Morgan fingerprint density at radius 3 is 2.95 bits per heavy atom. The highest BCUT2D eigenvalue weighted by atomic mass is 16.5. The fourth-order valence-electron chi connectivity index (χ4n) is 1.87. The highest BCUT2D eigenvalue weighted by molar-refractivity contribution is 5.80. The summed E-state index contributed by atoms with van der Waals surface area (Å²) < 4.78 is 7.17. The largest absolute Gasteiger partial charge is 0.494 e. The van der Waals surface area contributed by atoms with Gasteiger partial charge in [-0.2, -0.15) is 5.10 Å². The van der Waals surface area contributed by atoms with Crippen LogP contribution in [0.4, 0.5) is 5.82 Å². The summed E-state index contributed by atoms with van der Waals surface area (Å²) in [5.74, 6) is 1.51. The quantitative estimate of drug-likeness (QED) is 0.413. The van der Waals surface area contributed by atoms with Crippen molar-refractivity contribution in [2.45, 2.75) is 13.3 Å². The number of nitrogens with one attached hydrogen (secondary N) is 2. The van der Waals surface area contributed by atoms with Crippen molar-refractivity contribution >= 4 is 17.7 Å². The van der Waals surface area contributed by atoms with Crippen molar-refractivity contribution in [1.82, 2.24) is 15.3 Å². The van der Waals surface area contributed by atoms with E-state index in [1.165, 1.54) is 0 Å². The first-order valence-electron chi connectivity index (χ1n) is 7.09. The van der Waals surface area contributed by atoms with Gasteiger partial charge in [0, 0.05) is 11.2 Å². The molecular formula is C15H17N6O+. The molecule has 2 aromatic heterocycles. The molecule has 0 radical (unpaired) electrons. The van der Waals surface area contributed by atoms with Gasteiger partial charge in [-0.05, 0) is 42.3 Å². The lowest BCUT2D eigenvalue weighted by Crippen LogP contribution is -2.24. The zero-order chi connectivity index (χ0) is 15.2. The van der Waals surface area contributed by atoms with Gasteiger partial charge >= 0.3 is 5.65 Å². The number of aromatic amines is 1. The molecule has 7 nitrogen and oxygen atoms in total. The molecule has 0 unspecified atom stereocenters. The van der Waals surface area contributed by atoms with E-state index in [4.69, 9.17) is 4.74 Å². The molecule has 0 saturated carbocycles. The molecule has 112 valence electrons. The summed E-state index contributed by atoms with van der Waals surface area (Å²) in [5.41, 5.74) is 4.62. The molecule has 7 heteroatoms. The van der Waals surface area contributed by atoms with E-state index in [0.717, 1.165) is 30.0 Å². The molecule has 0 aliphatic rings. The van der Waals surface area contributed by atoms with E-state index >= 15 is 0 Å². The van der Waals surface area contributed by atoms with Crippen LogP contribution in [-0.2, 0) is 0 Å². The highest BCUT2D eigenvalue weighted by Gasteiger charge is 2.04. The van der Waals surface area contributed by atoms with Gasteiger partial charge in [-0.3, -0.25) is 5.43 Å². The van der Waals surface area contributed by atoms with Crippen molar-refractivity contribution in [2.24, 2.45) is 5.10 Å². The number of nitrogens with zero attached hydrogens (tertiary/aromatic N) is 4. The Kier molecular flexibility index (Phi) is 4.24. The third-order valence-corrected chi connectivity index (χ3v) is 2.95. The Bertz CT molecular complexity index is 765. The first kappa shape index (κ1) is 14.0. The minimum Gasteiger partial charge on any atom is -0.494 e. The van der Waals surface area contributed by atoms with Gasteiger partial charge in [0.25, 0.3) is 0 Å². The van der Waals surface area contributed by atoms with Crippen molar-refractivity contribution in [3.63, 3.8) is 0 Å². The van der Waals surface area contributed by atoms with Gasteiger partial charge in [0.2, 0.25) is 6.33 Å². The van der Waals surface area contributed by atoms with Gasteiger partial charge in [-0.25, -0.2) is 0 Å². The van der Waals surface area contributed by atoms with Crippen molar-refractivity contribution in [2.75, 3.05) is 12.0 Å². The average Bonchev–Trinajstić information content (AvgIpc) is 3.02. The van der Waals surface area contributed by atoms with Crippen LogP contribution in [0.1, 0.15) is 18.9 Å². The molecule has 0 bridgehead atoms. The summed E-state index contributed by atoms with van der Waals surface area (Å²) in [7, 11) is 0. The van der Waals surface area contributed by atoms with Crippen LogP contribution in [0.3, 0.4) is 0 Å². The Labute approximate surface area is 127 Å². The molecule has 0 amide bonds. The Hall–Kier alpha value is -2.96. The second-order valence-electron chi connectivity index (χ2n) is 4.68. The van der Waals surface area contributed by atoms with Crippen LogP contribution in [-0.4, -0.2) is 28.1 Å². The van der Waals surface area contributed by atoms with Gasteiger partial charge in [0.15, 0.2) is 5.82 Å². The number of ether oxygens (including phenoxy) is 1. The van der Waals surface area contributed by atoms with E-state index in [9.17, 15) is 0 Å². The molecule has 22 heavy (non-hydrogen) atoms. The molecule has 2 N–H and O–H groups in total. The molecule has 0 spiro atoms. The molecule has 0 aliphatic carbocycles. The molecule has 2 heterocycles. The lowest BCUT2D eigenvalue weighted by molar-refractivity contribution is -0.579. The Balaban J connectivity index is 1.61. The molecule has 0 saturated heterocycles. The summed E-state index contributed by atoms with van der Waals surface area (Å²) in [4.78, 5) is 0.